The molecule has 2 heterocycles. The van der Waals surface area contributed by atoms with E-state index in [1.54, 1.807) is 18.3 Å². The molecule has 0 saturated heterocycles. The van der Waals surface area contributed by atoms with E-state index in [-0.39, 0.29) is 5.78 Å². The minimum absolute atomic E-state index is 0.102. The van der Waals surface area contributed by atoms with Gasteiger partial charge in [0, 0.05) is 22.9 Å². The lowest BCUT2D eigenvalue weighted by Crippen LogP contribution is -2.24. The van der Waals surface area contributed by atoms with Crippen LogP contribution in [0.5, 0.6) is 0 Å². The first-order valence-electron chi connectivity index (χ1n) is 9.71. The summed E-state index contributed by atoms with van der Waals surface area (Å²) in [6.45, 7) is 3.94. The first kappa shape index (κ1) is 17.5. The molecule has 1 fully saturated rings. The van der Waals surface area contributed by atoms with Crippen LogP contribution in [0.1, 0.15) is 73.1 Å². The van der Waals surface area contributed by atoms with Gasteiger partial charge in [-0.3, -0.25) is 4.79 Å². The van der Waals surface area contributed by atoms with Crippen molar-refractivity contribution in [2.45, 2.75) is 58.4 Å². The molecule has 0 aliphatic heterocycles. The number of carbonyl (C=O) groups excluding carboxylic acids is 1. The van der Waals surface area contributed by atoms with Crippen LogP contribution in [0.4, 0.5) is 0 Å². The van der Waals surface area contributed by atoms with Crippen molar-refractivity contribution in [3.8, 4) is 0 Å². The largest absolute Gasteiger partial charge is 0.324 e. The lowest BCUT2D eigenvalue weighted by molar-refractivity contribution is 0.101. The Kier molecular flexibility index (Phi) is 4.94. The number of hydrogen-bond acceptors (Lipinski definition) is 3. The van der Waals surface area contributed by atoms with Gasteiger partial charge in [-0.2, -0.15) is 0 Å². The molecule has 1 aliphatic rings. The van der Waals surface area contributed by atoms with Crippen molar-refractivity contribution in [2.24, 2.45) is 5.92 Å². The van der Waals surface area contributed by atoms with Gasteiger partial charge in [0.15, 0.2) is 5.78 Å². The molecule has 0 radical (unpaired) electrons. The van der Waals surface area contributed by atoms with Gasteiger partial charge in [0.05, 0.1) is 11.0 Å². The van der Waals surface area contributed by atoms with Crippen molar-refractivity contribution in [2.75, 3.05) is 0 Å². The lowest BCUT2D eigenvalue weighted by Gasteiger charge is -2.33. The molecule has 3 nitrogen and oxygen atoms in total. The van der Waals surface area contributed by atoms with Crippen LogP contribution in [-0.2, 0) is 6.42 Å². The molecule has 0 bridgehead atoms. The molecule has 2 unspecified atom stereocenters. The van der Waals surface area contributed by atoms with Crippen LogP contribution in [0.3, 0.4) is 0 Å². The van der Waals surface area contributed by atoms with Crippen molar-refractivity contribution in [3.05, 3.63) is 52.0 Å². The average Bonchev–Trinajstić information content (AvgIpc) is 3.28. The van der Waals surface area contributed by atoms with E-state index in [0.29, 0.717) is 6.04 Å². The Bertz CT molecular complexity index is 910. The number of thiophene rings is 1. The number of nitrogens with zero attached hydrogens (tertiary/aromatic N) is 2. The molecular formula is C22H26N2OS. The number of aromatic nitrogens is 2. The normalized spacial score (nSPS) is 20.5. The summed E-state index contributed by atoms with van der Waals surface area (Å²) in [4.78, 5) is 18.1. The van der Waals surface area contributed by atoms with Crippen molar-refractivity contribution < 1.29 is 4.79 Å². The molecule has 2 aromatic heterocycles. The van der Waals surface area contributed by atoms with Crippen molar-refractivity contribution in [1.29, 1.82) is 0 Å². The van der Waals surface area contributed by atoms with Gasteiger partial charge < -0.3 is 4.57 Å². The highest BCUT2D eigenvalue weighted by Crippen LogP contribution is 2.39. The molecule has 136 valence electrons. The fourth-order valence-corrected chi connectivity index (χ4v) is 5.14. The first-order valence-corrected chi connectivity index (χ1v) is 10.6. The molecule has 26 heavy (non-hydrogen) atoms. The summed E-state index contributed by atoms with van der Waals surface area (Å²) in [7, 11) is 0. The van der Waals surface area contributed by atoms with E-state index < -0.39 is 0 Å². The summed E-state index contributed by atoms with van der Waals surface area (Å²) in [6.07, 6.45) is 7.27. The SMILES string of the molecule is CCC1CCCCC1n1c(Cc2cccs2)nc2cc(C(C)=O)ccc21. The highest BCUT2D eigenvalue weighted by Gasteiger charge is 2.28. The Hall–Kier alpha value is -1.94. The second kappa shape index (κ2) is 7.36. The monoisotopic (exact) mass is 366 g/mol. The predicted octanol–water partition coefficient (Wildman–Crippen LogP) is 6.03. The van der Waals surface area contributed by atoms with Crippen LogP contribution in [0.25, 0.3) is 11.0 Å². The van der Waals surface area contributed by atoms with Crippen LogP contribution in [0.15, 0.2) is 35.7 Å². The fourth-order valence-electron chi connectivity index (χ4n) is 4.44. The van der Waals surface area contributed by atoms with Gasteiger partial charge >= 0.3 is 0 Å². The number of rotatable bonds is 5. The molecule has 4 rings (SSSR count). The molecular weight excluding hydrogens is 340 g/mol. The summed E-state index contributed by atoms with van der Waals surface area (Å²) >= 11 is 1.79. The molecule has 3 aromatic rings. The third kappa shape index (κ3) is 3.23. The van der Waals surface area contributed by atoms with Gasteiger partial charge in [0.2, 0.25) is 0 Å². The first-order chi connectivity index (χ1) is 12.7. The zero-order valence-corrected chi connectivity index (χ0v) is 16.4. The molecule has 1 saturated carbocycles. The number of Topliss-reactive ketones (excluding diaryl/α,β-unsaturated/α-hetero) is 1. The van der Waals surface area contributed by atoms with Crippen LogP contribution in [-0.4, -0.2) is 15.3 Å². The van der Waals surface area contributed by atoms with Gasteiger partial charge in [-0.1, -0.05) is 32.3 Å². The maximum atomic E-state index is 11.8. The molecule has 0 amide bonds. The van der Waals surface area contributed by atoms with E-state index in [4.69, 9.17) is 4.98 Å². The van der Waals surface area contributed by atoms with E-state index >= 15 is 0 Å². The maximum absolute atomic E-state index is 11.8. The number of fused-ring (bicyclic) bond motifs is 1. The van der Waals surface area contributed by atoms with Crippen LogP contribution in [0, 0.1) is 5.92 Å². The van der Waals surface area contributed by atoms with Gasteiger partial charge in [-0.05, 0) is 55.3 Å². The summed E-state index contributed by atoms with van der Waals surface area (Å²) in [5.74, 6) is 1.97. The molecule has 1 aromatic carbocycles. The minimum Gasteiger partial charge on any atom is -0.324 e. The van der Waals surface area contributed by atoms with Crippen LogP contribution >= 0.6 is 11.3 Å². The van der Waals surface area contributed by atoms with E-state index in [1.807, 2.05) is 12.1 Å². The predicted molar refractivity (Wildman–Crippen MR) is 108 cm³/mol. The Balaban J connectivity index is 1.85. The zero-order valence-electron chi connectivity index (χ0n) is 15.6. The van der Waals surface area contributed by atoms with Crippen molar-refractivity contribution in [3.63, 3.8) is 0 Å². The van der Waals surface area contributed by atoms with Gasteiger partial charge in [0.1, 0.15) is 5.82 Å². The minimum atomic E-state index is 0.102. The van der Waals surface area contributed by atoms with E-state index in [9.17, 15) is 4.79 Å². The third-order valence-corrected chi connectivity index (χ3v) is 6.68. The van der Waals surface area contributed by atoms with Gasteiger partial charge in [-0.15, -0.1) is 11.3 Å². The smallest absolute Gasteiger partial charge is 0.159 e. The Morgan fingerprint density at radius 3 is 2.85 bits per heavy atom. The number of imidazole rings is 1. The topological polar surface area (TPSA) is 34.9 Å². The Labute approximate surface area is 159 Å². The number of hydrogen-bond donors (Lipinski definition) is 0. The van der Waals surface area contributed by atoms with E-state index in [0.717, 1.165) is 29.2 Å². The second-order valence-electron chi connectivity index (χ2n) is 7.43. The quantitative estimate of drug-likeness (QED) is 0.517. The highest BCUT2D eigenvalue weighted by molar-refractivity contribution is 7.09. The Morgan fingerprint density at radius 2 is 2.12 bits per heavy atom. The molecule has 1 aliphatic carbocycles. The van der Waals surface area contributed by atoms with Crippen molar-refractivity contribution in [1.82, 2.24) is 9.55 Å². The summed E-state index contributed by atoms with van der Waals surface area (Å²) < 4.78 is 2.51. The molecule has 2 atom stereocenters. The number of carbonyl (C=O) groups is 1. The Morgan fingerprint density at radius 1 is 1.27 bits per heavy atom. The third-order valence-electron chi connectivity index (χ3n) is 5.81. The zero-order chi connectivity index (χ0) is 18.1. The van der Waals surface area contributed by atoms with Gasteiger partial charge in [0.25, 0.3) is 0 Å². The van der Waals surface area contributed by atoms with Crippen molar-refractivity contribution >= 4 is 28.2 Å². The van der Waals surface area contributed by atoms with Crippen LogP contribution < -0.4 is 0 Å². The summed E-state index contributed by atoms with van der Waals surface area (Å²) in [5, 5.41) is 2.13. The maximum Gasteiger partial charge on any atom is 0.159 e. The fraction of sp³-hybridized carbons (Fsp3) is 0.455. The summed E-state index contributed by atoms with van der Waals surface area (Å²) in [5.41, 5.74) is 2.90. The van der Waals surface area contributed by atoms with E-state index in [1.165, 1.54) is 42.5 Å². The van der Waals surface area contributed by atoms with Crippen LogP contribution in [0.2, 0.25) is 0 Å². The summed E-state index contributed by atoms with van der Waals surface area (Å²) in [6, 6.07) is 10.9. The highest BCUT2D eigenvalue weighted by atomic mass is 32.1. The number of ketones is 1. The number of benzene rings is 1. The average molecular weight is 367 g/mol. The standard InChI is InChI=1S/C22H26N2OS/c1-3-16-7-4-5-9-20(16)24-21-11-10-17(15(2)25)13-19(21)23-22(24)14-18-8-6-12-26-18/h6,8,10-13,16,20H,3-5,7,9,14H2,1-2H3. The molecule has 0 spiro atoms. The van der Waals surface area contributed by atoms with E-state index in [2.05, 4.69) is 35.1 Å². The molecule has 4 heteroatoms. The lowest BCUT2D eigenvalue weighted by atomic mass is 9.82. The van der Waals surface area contributed by atoms with Gasteiger partial charge in [-0.25, -0.2) is 4.98 Å². The second-order valence-corrected chi connectivity index (χ2v) is 8.47. The molecule has 0 N–H and O–H groups in total.